The Morgan fingerprint density at radius 1 is 0.973 bits per heavy atom. The van der Waals surface area contributed by atoms with E-state index in [0.717, 1.165) is 11.9 Å². The van der Waals surface area contributed by atoms with Crippen molar-refractivity contribution in [2.75, 3.05) is 44.2 Å². The minimum atomic E-state index is -4.56. The van der Waals surface area contributed by atoms with Crippen LogP contribution in [-0.4, -0.2) is 81.0 Å². The first-order valence-electron chi connectivity index (χ1n) is 12.2. The molecule has 37 heavy (non-hydrogen) atoms. The average molecular weight is 529 g/mol. The fourth-order valence-corrected chi connectivity index (χ4v) is 5.97. The molecule has 1 atom stereocenters. The molecule has 1 saturated carbocycles. The Bertz CT molecular complexity index is 1160. The van der Waals surface area contributed by atoms with Crippen molar-refractivity contribution in [3.63, 3.8) is 0 Å². The van der Waals surface area contributed by atoms with Gasteiger partial charge in [0.05, 0.1) is 12.0 Å². The topological polar surface area (TPSA) is 70.4 Å². The van der Waals surface area contributed by atoms with Crippen molar-refractivity contribution in [3.8, 4) is 0 Å². The molecule has 0 radical (unpaired) electrons. The van der Waals surface area contributed by atoms with Crippen molar-refractivity contribution in [1.29, 1.82) is 0 Å². The molecule has 3 aliphatic heterocycles. The molecule has 200 valence electrons. The highest BCUT2D eigenvalue weighted by atomic mass is 19.4. The lowest BCUT2D eigenvalue weighted by atomic mass is 9.61. The van der Waals surface area contributed by atoms with Gasteiger partial charge in [-0.1, -0.05) is 6.07 Å². The zero-order valence-electron chi connectivity index (χ0n) is 19.7. The monoisotopic (exact) mass is 529 g/mol. The average Bonchev–Trinajstić information content (AvgIpc) is 3.41. The van der Waals surface area contributed by atoms with Crippen LogP contribution < -0.4 is 4.90 Å². The summed E-state index contributed by atoms with van der Waals surface area (Å²) >= 11 is 0. The number of hydrogen-bond donors (Lipinski definition) is 0. The Morgan fingerprint density at radius 2 is 1.70 bits per heavy atom. The summed E-state index contributed by atoms with van der Waals surface area (Å²) in [7, 11) is 0. The van der Waals surface area contributed by atoms with Gasteiger partial charge in [0.25, 0.3) is 5.82 Å². The van der Waals surface area contributed by atoms with Crippen molar-refractivity contribution in [1.82, 2.24) is 29.5 Å². The van der Waals surface area contributed by atoms with E-state index in [9.17, 15) is 31.1 Å². The first-order valence-corrected chi connectivity index (χ1v) is 12.2. The number of amides is 2. The number of urea groups is 1. The third kappa shape index (κ3) is 4.37. The van der Waals surface area contributed by atoms with Gasteiger partial charge >= 0.3 is 18.4 Å². The lowest BCUT2D eigenvalue weighted by Crippen LogP contribution is -2.67. The number of likely N-dealkylation sites (tertiary alicyclic amines) is 2. The minimum absolute atomic E-state index is 0.0507. The van der Waals surface area contributed by atoms with Crippen LogP contribution in [0.2, 0.25) is 0 Å². The summed E-state index contributed by atoms with van der Waals surface area (Å²) in [4.78, 5) is 25.7. The minimum Gasteiger partial charge on any atom is -0.356 e. The summed E-state index contributed by atoms with van der Waals surface area (Å²) in [6.45, 7) is 2.50. The van der Waals surface area contributed by atoms with Gasteiger partial charge in [0.1, 0.15) is 12.1 Å². The third-order valence-electron chi connectivity index (χ3n) is 8.17. The number of halogens is 6. The third-order valence-corrected chi connectivity index (χ3v) is 8.17. The molecule has 0 bridgehead atoms. The van der Waals surface area contributed by atoms with E-state index in [-0.39, 0.29) is 36.4 Å². The molecule has 1 spiro atoms. The molecular weight excluding hydrogens is 504 g/mol. The summed E-state index contributed by atoms with van der Waals surface area (Å²) in [5.41, 5.74) is 0.891. The van der Waals surface area contributed by atoms with Crippen molar-refractivity contribution in [2.45, 2.75) is 43.6 Å². The Kier molecular flexibility index (Phi) is 5.40. The van der Waals surface area contributed by atoms with E-state index in [1.807, 2.05) is 6.07 Å². The standard InChI is InChI=1S/C23H25F6N7O/c24-22(25,26)16-3-4-33(10-16)18-2-1-14(7-30-18)15-8-34(9-15)20(37)35-11-21(12-35)5-17(6-21)36-13-31-19(32-36)23(27,28)29/h1-2,7,13,15-17H,3-6,8-12H2/t16-/m1/s1. The Morgan fingerprint density at radius 3 is 2.27 bits per heavy atom. The maximum atomic E-state index is 12.9. The molecule has 0 N–H and O–H groups in total. The van der Waals surface area contributed by atoms with Crippen LogP contribution in [0.4, 0.5) is 37.0 Å². The second-order valence-electron chi connectivity index (χ2n) is 10.8. The van der Waals surface area contributed by atoms with Crippen LogP contribution in [0.15, 0.2) is 24.7 Å². The van der Waals surface area contributed by atoms with Gasteiger partial charge in [0, 0.05) is 56.8 Å². The molecule has 8 nitrogen and oxygen atoms in total. The molecular formula is C23H25F6N7O. The normalized spacial score (nSPS) is 24.3. The lowest BCUT2D eigenvalue weighted by molar-refractivity contribution is -0.168. The highest BCUT2D eigenvalue weighted by molar-refractivity contribution is 5.77. The number of hydrogen-bond acceptors (Lipinski definition) is 5. The number of nitrogens with zero attached hydrogens (tertiary/aromatic N) is 7. The molecule has 2 aromatic rings. The lowest BCUT2D eigenvalue weighted by Gasteiger charge is -2.60. The molecule has 5 heterocycles. The molecule has 2 amide bonds. The molecule has 4 aliphatic rings. The summed E-state index contributed by atoms with van der Waals surface area (Å²) in [6, 6.07) is 3.43. The molecule has 6 rings (SSSR count). The molecule has 0 unspecified atom stereocenters. The van der Waals surface area contributed by atoms with Crippen LogP contribution in [0.1, 0.15) is 42.6 Å². The van der Waals surface area contributed by atoms with E-state index in [2.05, 4.69) is 15.1 Å². The molecule has 3 saturated heterocycles. The van der Waals surface area contributed by atoms with Crippen LogP contribution in [0, 0.1) is 11.3 Å². The number of carbonyl (C=O) groups excluding carboxylic acids is 1. The first kappa shape index (κ1) is 24.3. The van der Waals surface area contributed by atoms with Crippen LogP contribution in [-0.2, 0) is 6.18 Å². The zero-order valence-corrected chi connectivity index (χ0v) is 19.7. The summed E-state index contributed by atoms with van der Waals surface area (Å²) in [5, 5.41) is 3.55. The van der Waals surface area contributed by atoms with Crippen LogP contribution in [0.3, 0.4) is 0 Å². The number of alkyl halides is 6. The van der Waals surface area contributed by atoms with E-state index in [0.29, 0.717) is 51.4 Å². The molecule has 0 aromatic carbocycles. The van der Waals surface area contributed by atoms with E-state index in [1.54, 1.807) is 27.0 Å². The van der Waals surface area contributed by atoms with Gasteiger partial charge in [0.15, 0.2) is 0 Å². The second-order valence-corrected chi connectivity index (χ2v) is 10.8. The van der Waals surface area contributed by atoms with Crippen molar-refractivity contribution >= 4 is 11.8 Å². The molecule has 14 heteroatoms. The highest BCUT2D eigenvalue weighted by Crippen LogP contribution is 2.54. The zero-order chi connectivity index (χ0) is 26.2. The molecule has 1 aliphatic carbocycles. The maximum absolute atomic E-state index is 12.9. The van der Waals surface area contributed by atoms with Gasteiger partial charge in [-0.15, -0.1) is 5.10 Å². The van der Waals surface area contributed by atoms with Gasteiger partial charge in [-0.2, -0.15) is 26.3 Å². The SMILES string of the molecule is O=C(N1CC(c2ccc(N3CC[C@@H](C(F)(F)F)C3)nc2)C1)N1CC2(CC(n3cnc(C(F)(F)F)n3)C2)C1. The Labute approximate surface area is 208 Å². The van der Waals surface area contributed by atoms with Gasteiger partial charge in [-0.25, -0.2) is 19.4 Å². The van der Waals surface area contributed by atoms with Crippen LogP contribution in [0.5, 0.6) is 0 Å². The first-order chi connectivity index (χ1) is 17.4. The summed E-state index contributed by atoms with van der Waals surface area (Å²) in [6.07, 6.45) is -4.54. The fourth-order valence-electron chi connectivity index (χ4n) is 5.97. The number of carbonyl (C=O) groups is 1. The van der Waals surface area contributed by atoms with E-state index in [4.69, 9.17) is 0 Å². The molecule has 2 aromatic heterocycles. The largest absolute Gasteiger partial charge is 0.453 e. The van der Waals surface area contributed by atoms with E-state index in [1.165, 1.54) is 4.68 Å². The van der Waals surface area contributed by atoms with Crippen LogP contribution in [0.25, 0.3) is 0 Å². The van der Waals surface area contributed by atoms with E-state index < -0.39 is 24.1 Å². The molecule has 4 fully saturated rings. The summed E-state index contributed by atoms with van der Waals surface area (Å²) in [5.74, 6) is -1.79. The summed E-state index contributed by atoms with van der Waals surface area (Å²) < 4.78 is 78.2. The Balaban J connectivity index is 0.950. The van der Waals surface area contributed by atoms with Crippen LogP contribution >= 0.6 is 0 Å². The predicted octanol–water partition coefficient (Wildman–Crippen LogP) is 3.94. The van der Waals surface area contributed by atoms with Crippen molar-refractivity contribution in [2.24, 2.45) is 11.3 Å². The number of anilines is 1. The van der Waals surface area contributed by atoms with Gasteiger partial charge < -0.3 is 14.7 Å². The number of aromatic nitrogens is 4. The number of rotatable bonds is 3. The fraction of sp³-hybridized carbons (Fsp3) is 0.652. The number of pyridine rings is 1. The van der Waals surface area contributed by atoms with Crippen molar-refractivity contribution < 1.29 is 31.1 Å². The van der Waals surface area contributed by atoms with E-state index >= 15 is 0 Å². The van der Waals surface area contributed by atoms with Gasteiger partial charge in [0.2, 0.25) is 0 Å². The predicted molar refractivity (Wildman–Crippen MR) is 118 cm³/mol. The highest BCUT2D eigenvalue weighted by Gasteiger charge is 2.56. The van der Waals surface area contributed by atoms with Gasteiger partial charge in [-0.3, -0.25) is 0 Å². The van der Waals surface area contributed by atoms with Crippen molar-refractivity contribution in [3.05, 3.63) is 36.0 Å². The smallest absolute Gasteiger partial charge is 0.356 e. The quantitative estimate of drug-likeness (QED) is 0.564. The maximum Gasteiger partial charge on any atom is 0.453 e. The second kappa shape index (κ2) is 8.22. The van der Waals surface area contributed by atoms with Gasteiger partial charge in [-0.05, 0) is 30.9 Å². The Hall–Kier alpha value is -3.06.